The maximum Gasteiger partial charge on any atom is 0.162 e. The minimum Gasteiger partial charge on any atom is -0.493 e. The molecule has 1 saturated heterocycles. The van der Waals surface area contributed by atoms with Gasteiger partial charge in [0.2, 0.25) is 0 Å². The number of rotatable bonds is 9. The molecule has 0 aromatic heterocycles. The average Bonchev–Trinajstić information content (AvgIpc) is 2.84. The molecule has 4 rings (SSSR count). The monoisotopic (exact) mass is 450 g/mol. The lowest BCUT2D eigenvalue weighted by Crippen LogP contribution is -2.46. The third-order valence-electron chi connectivity index (χ3n) is 6.01. The Bertz CT molecular complexity index is 974. The fourth-order valence-corrected chi connectivity index (χ4v) is 4.45. The molecule has 1 heterocycles. The van der Waals surface area contributed by atoms with Crippen LogP contribution in [0.3, 0.4) is 0 Å². The molecular formula is C27H31ClN2O2. The Balaban J connectivity index is 1.37. The van der Waals surface area contributed by atoms with Crippen LogP contribution in [-0.4, -0.2) is 49.6 Å². The van der Waals surface area contributed by atoms with E-state index in [9.17, 15) is 0 Å². The van der Waals surface area contributed by atoms with Crippen molar-refractivity contribution < 1.29 is 9.47 Å². The van der Waals surface area contributed by atoms with E-state index >= 15 is 0 Å². The number of hydrogen-bond donors (Lipinski definition) is 0. The molecule has 168 valence electrons. The Kier molecular flexibility index (Phi) is 8.05. The van der Waals surface area contributed by atoms with Gasteiger partial charge in [0.25, 0.3) is 0 Å². The molecule has 5 heteroatoms. The average molecular weight is 451 g/mol. The van der Waals surface area contributed by atoms with Crippen molar-refractivity contribution in [1.82, 2.24) is 9.80 Å². The summed E-state index contributed by atoms with van der Waals surface area (Å²) in [4.78, 5) is 5.06. The maximum atomic E-state index is 6.55. The Labute approximate surface area is 196 Å². The first-order valence-electron chi connectivity index (χ1n) is 11.3. The number of piperazine rings is 1. The molecule has 1 aliphatic rings. The van der Waals surface area contributed by atoms with Crippen LogP contribution in [0.1, 0.15) is 23.7 Å². The Morgan fingerprint density at radius 2 is 1.41 bits per heavy atom. The molecule has 0 unspecified atom stereocenters. The van der Waals surface area contributed by atoms with Crippen LogP contribution in [0.15, 0.2) is 78.9 Å². The van der Waals surface area contributed by atoms with Crippen molar-refractivity contribution in [3.8, 4) is 11.5 Å². The van der Waals surface area contributed by atoms with Crippen LogP contribution in [-0.2, 0) is 6.54 Å². The molecule has 1 atom stereocenters. The van der Waals surface area contributed by atoms with Gasteiger partial charge in [-0.05, 0) is 23.8 Å². The molecule has 4 nitrogen and oxygen atoms in total. The first-order valence-corrected chi connectivity index (χ1v) is 11.6. The van der Waals surface area contributed by atoms with Gasteiger partial charge in [-0.25, -0.2) is 0 Å². The summed E-state index contributed by atoms with van der Waals surface area (Å²) >= 11 is 6.55. The summed E-state index contributed by atoms with van der Waals surface area (Å²) < 4.78 is 11.9. The lowest BCUT2D eigenvalue weighted by molar-refractivity contribution is 0.106. The van der Waals surface area contributed by atoms with Crippen molar-refractivity contribution in [2.24, 2.45) is 0 Å². The van der Waals surface area contributed by atoms with E-state index in [2.05, 4.69) is 46.2 Å². The van der Waals surface area contributed by atoms with Crippen molar-refractivity contribution in [3.05, 3.63) is 95.0 Å². The summed E-state index contributed by atoms with van der Waals surface area (Å²) in [7, 11) is 1.67. The van der Waals surface area contributed by atoms with Gasteiger partial charge in [-0.1, -0.05) is 72.3 Å². The highest BCUT2D eigenvalue weighted by atomic mass is 35.5. The van der Waals surface area contributed by atoms with Crippen LogP contribution in [0.5, 0.6) is 11.5 Å². The molecular weight excluding hydrogens is 420 g/mol. The lowest BCUT2D eigenvalue weighted by Gasteiger charge is -2.35. The Morgan fingerprint density at radius 3 is 2.12 bits per heavy atom. The normalized spacial score (nSPS) is 15.9. The van der Waals surface area contributed by atoms with Crippen LogP contribution < -0.4 is 9.47 Å². The minimum atomic E-state index is -0.137. The second-order valence-electron chi connectivity index (χ2n) is 8.17. The SMILES string of the molecule is COc1ccccc1O[C@@H](CCN1CCN(Cc2ccccc2)CC1)c1ccccc1Cl. The third kappa shape index (κ3) is 6.04. The van der Waals surface area contributed by atoms with E-state index in [1.54, 1.807) is 7.11 Å². The van der Waals surface area contributed by atoms with Gasteiger partial charge in [-0.15, -0.1) is 0 Å². The summed E-state index contributed by atoms with van der Waals surface area (Å²) in [6.45, 7) is 6.28. The number of nitrogens with zero attached hydrogens (tertiary/aromatic N) is 2. The number of halogens is 1. The van der Waals surface area contributed by atoms with Crippen molar-refractivity contribution in [2.45, 2.75) is 19.1 Å². The first-order chi connectivity index (χ1) is 15.7. The zero-order chi connectivity index (χ0) is 22.2. The van der Waals surface area contributed by atoms with Gasteiger partial charge in [-0.3, -0.25) is 4.90 Å². The van der Waals surface area contributed by atoms with Gasteiger partial charge < -0.3 is 14.4 Å². The minimum absolute atomic E-state index is 0.137. The van der Waals surface area contributed by atoms with Crippen molar-refractivity contribution in [2.75, 3.05) is 39.8 Å². The number of hydrogen-bond acceptors (Lipinski definition) is 4. The zero-order valence-electron chi connectivity index (χ0n) is 18.6. The van der Waals surface area contributed by atoms with Crippen molar-refractivity contribution >= 4 is 11.6 Å². The van der Waals surface area contributed by atoms with Crippen molar-refractivity contribution in [3.63, 3.8) is 0 Å². The van der Waals surface area contributed by atoms with E-state index in [1.165, 1.54) is 5.56 Å². The summed E-state index contributed by atoms with van der Waals surface area (Å²) in [6.07, 6.45) is 0.725. The summed E-state index contributed by atoms with van der Waals surface area (Å²) in [5, 5.41) is 0.736. The van der Waals surface area contributed by atoms with Crippen LogP contribution in [0.25, 0.3) is 0 Å². The van der Waals surface area contributed by atoms with Crippen LogP contribution in [0, 0.1) is 0 Å². The zero-order valence-corrected chi connectivity index (χ0v) is 19.4. The van der Waals surface area contributed by atoms with E-state index < -0.39 is 0 Å². The number of ether oxygens (including phenoxy) is 2. The van der Waals surface area contributed by atoms with Crippen LogP contribution >= 0.6 is 11.6 Å². The summed E-state index contributed by atoms with van der Waals surface area (Å²) in [5.74, 6) is 1.48. The molecule has 0 radical (unpaired) electrons. The fraction of sp³-hybridized carbons (Fsp3) is 0.333. The van der Waals surface area contributed by atoms with Gasteiger partial charge in [0.1, 0.15) is 6.10 Å². The number of benzene rings is 3. The van der Waals surface area contributed by atoms with Crippen LogP contribution in [0.4, 0.5) is 0 Å². The van der Waals surface area contributed by atoms with E-state index in [-0.39, 0.29) is 6.10 Å². The van der Waals surface area contributed by atoms with Gasteiger partial charge >= 0.3 is 0 Å². The van der Waals surface area contributed by atoms with Crippen LogP contribution in [0.2, 0.25) is 5.02 Å². The summed E-state index contributed by atoms with van der Waals surface area (Å²) in [6, 6.07) is 26.5. The Morgan fingerprint density at radius 1 is 0.781 bits per heavy atom. The van der Waals surface area contributed by atoms with Gasteiger partial charge in [0.15, 0.2) is 11.5 Å². The van der Waals surface area contributed by atoms with Gasteiger partial charge in [-0.2, -0.15) is 0 Å². The molecule has 32 heavy (non-hydrogen) atoms. The largest absolute Gasteiger partial charge is 0.493 e. The fourth-order valence-electron chi connectivity index (χ4n) is 4.20. The summed E-state index contributed by atoms with van der Waals surface area (Å²) in [5.41, 5.74) is 2.40. The lowest BCUT2D eigenvalue weighted by atomic mass is 10.1. The highest BCUT2D eigenvalue weighted by Crippen LogP contribution is 2.34. The molecule has 3 aromatic rings. The van der Waals surface area contributed by atoms with E-state index in [4.69, 9.17) is 21.1 Å². The van der Waals surface area contributed by atoms with E-state index in [1.807, 2.05) is 42.5 Å². The molecule has 0 bridgehead atoms. The Hall–Kier alpha value is -2.53. The molecule has 1 fully saturated rings. The van der Waals surface area contributed by atoms with Crippen molar-refractivity contribution in [1.29, 1.82) is 0 Å². The standard InChI is InChI=1S/C27H31ClN2O2/c1-31-26-13-7-8-14-27(26)32-25(23-11-5-6-12-24(23)28)15-16-29-17-19-30(20-18-29)21-22-9-3-2-4-10-22/h2-14,25H,15-21H2,1H3/t25-/m0/s1. The predicted octanol–water partition coefficient (Wildman–Crippen LogP) is 5.68. The smallest absolute Gasteiger partial charge is 0.162 e. The molecule has 0 spiro atoms. The molecule has 0 aliphatic carbocycles. The predicted molar refractivity (Wildman–Crippen MR) is 131 cm³/mol. The number of methoxy groups -OCH3 is 1. The molecule has 0 amide bonds. The first kappa shape index (κ1) is 22.7. The molecule has 3 aromatic carbocycles. The second kappa shape index (κ2) is 11.4. The quantitative estimate of drug-likeness (QED) is 0.419. The molecule has 1 aliphatic heterocycles. The van der Waals surface area contributed by atoms with E-state index in [0.29, 0.717) is 0 Å². The van der Waals surface area contributed by atoms with Gasteiger partial charge in [0, 0.05) is 56.3 Å². The van der Waals surface area contributed by atoms with E-state index in [0.717, 1.165) is 67.8 Å². The van der Waals surface area contributed by atoms with Gasteiger partial charge in [0.05, 0.1) is 7.11 Å². The second-order valence-corrected chi connectivity index (χ2v) is 8.58. The number of para-hydroxylation sites is 2. The molecule has 0 saturated carbocycles. The third-order valence-corrected chi connectivity index (χ3v) is 6.36. The maximum absolute atomic E-state index is 6.55. The highest BCUT2D eigenvalue weighted by Gasteiger charge is 2.22. The topological polar surface area (TPSA) is 24.9 Å². The highest BCUT2D eigenvalue weighted by molar-refractivity contribution is 6.31. The molecule has 0 N–H and O–H groups in total.